The standard InChI is InChI=1S/C13H16ClN3O2/c1-8(2)17-13(18)12(14)10(7-15-17)16-9(3)11-5-4-6-19-11/h4-9,16H,1-3H3. The van der Waals surface area contributed by atoms with Gasteiger partial charge in [-0.05, 0) is 32.9 Å². The van der Waals surface area contributed by atoms with Crippen LogP contribution in [-0.2, 0) is 0 Å². The molecule has 2 aromatic rings. The van der Waals surface area contributed by atoms with Crippen molar-refractivity contribution in [2.45, 2.75) is 32.9 Å². The summed E-state index contributed by atoms with van der Waals surface area (Å²) in [6, 6.07) is 3.54. The molecule has 0 saturated carbocycles. The summed E-state index contributed by atoms with van der Waals surface area (Å²) in [7, 11) is 0. The Bertz CT molecular complexity index is 605. The van der Waals surface area contributed by atoms with Crippen LogP contribution in [0.1, 0.15) is 38.6 Å². The number of furan rings is 1. The molecule has 0 aliphatic rings. The van der Waals surface area contributed by atoms with Crippen LogP contribution in [0.15, 0.2) is 33.8 Å². The largest absolute Gasteiger partial charge is 0.467 e. The van der Waals surface area contributed by atoms with E-state index in [2.05, 4.69) is 10.4 Å². The number of nitrogens with zero attached hydrogens (tertiary/aromatic N) is 2. The van der Waals surface area contributed by atoms with E-state index in [0.29, 0.717) is 5.69 Å². The van der Waals surface area contributed by atoms with Crippen LogP contribution in [0.25, 0.3) is 0 Å². The molecule has 6 heteroatoms. The summed E-state index contributed by atoms with van der Waals surface area (Å²) in [5.74, 6) is 0.768. The minimum Gasteiger partial charge on any atom is -0.467 e. The van der Waals surface area contributed by atoms with E-state index in [-0.39, 0.29) is 22.7 Å². The van der Waals surface area contributed by atoms with Crippen molar-refractivity contribution < 1.29 is 4.42 Å². The van der Waals surface area contributed by atoms with Gasteiger partial charge < -0.3 is 9.73 Å². The van der Waals surface area contributed by atoms with Gasteiger partial charge in [0.2, 0.25) is 0 Å². The number of anilines is 1. The first-order valence-corrected chi connectivity index (χ1v) is 6.45. The molecule has 0 bridgehead atoms. The molecule has 0 aliphatic heterocycles. The lowest BCUT2D eigenvalue weighted by Crippen LogP contribution is -2.26. The Morgan fingerprint density at radius 3 is 2.74 bits per heavy atom. The highest BCUT2D eigenvalue weighted by Gasteiger charge is 2.14. The first kappa shape index (κ1) is 13.7. The molecule has 2 rings (SSSR count). The lowest BCUT2D eigenvalue weighted by molar-refractivity contribution is 0.488. The molecular formula is C13H16ClN3O2. The third kappa shape index (κ3) is 2.81. The smallest absolute Gasteiger partial charge is 0.287 e. The van der Waals surface area contributed by atoms with Crippen molar-refractivity contribution in [1.29, 1.82) is 0 Å². The molecule has 5 nitrogen and oxygen atoms in total. The van der Waals surface area contributed by atoms with Crippen LogP contribution in [0.2, 0.25) is 5.02 Å². The fourth-order valence-electron chi connectivity index (χ4n) is 1.76. The van der Waals surface area contributed by atoms with Gasteiger partial charge in [-0.15, -0.1) is 0 Å². The number of rotatable bonds is 4. The Labute approximate surface area is 116 Å². The van der Waals surface area contributed by atoms with E-state index in [4.69, 9.17) is 16.0 Å². The summed E-state index contributed by atoms with van der Waals surface area (Å²) in [5, 5.41) is 7.36. The maximum atomic E-state index is 12.0. The summed E-state index contributed by atoms with van der Waals surface area (Å²) in [4.78, 5) is 12.0. The Morgan fingerprint density at radius 1 is 1.42 bits per heavy atom. The SMILES string of the molecule is CC(Nc1cnn(C(C)C)c(=O)c1Cl)c1ccco1. The molecule has 2 aromatic heterocycles. The predicted octanol–water partition coefficient (Wildman–Crippen LogP) is 3.24. The highest BCUT2D eigenvalue weighted by molar-refractivity contribution is 6.32. The van der Waals surface area contributed by atoms with Crippen LogP contribution in [0, 0.1) is 0 Å². The van der Waals surface area contributed by atoms with Gasteiger partial charge in [0.15, 0.2) is 0 Å². The third-order valence-corrected chi connectivity index (χ3v) is 3.14. The number of hydrogen-bond donors (Lipinski definition) is 1. The van der Waals surface area contributed by atoms with Crippen LogP contribution >= 0.6 is 11.6 Å². The average molecular weight is 282 g/mol. The molecule has 0 aliphatic carbocycles. The van der Waals surface area contributed by atoms with Gasteiger partial charge in [0.05, 0.1) is 30.2 Å². The van der Waals surface area contributed by atoms with Gasteiger partial charge in [-0.2, -0.15) is 5.10 Å². The molecule has 1 unspecified atom stereocenters. The summed E-state index contributed by atoms with van der Waals surface area (Å²) >= 11 is 6.08. The minimum absolute atomic E-state index is 0.0263. The second-order valence-electron chi connectivity index (χ2n) is 4.60. The Hall–Kier alpha value is -1.75. The molecule has 0 aromatic carbocycles. The Balaban J connectivity index is 2.27. The van der Waals surface area contributed by atoms with Gasteiger partial charge in [-0.1, -0.05) is 11.6 Å². The van der Waals surface area contributed by atoms with Crippen LogP contribution < -0.4 is 10.9 Å². The van der Waals surface area contributed by atoms with Crippen LogP contribution in [-0.4, -0.2) is 9.78 Å². The van der Waals surface area contributed by atoms with E-state index < -0.39 is 0 Å². The fraction of sp³-hybridized carbons (Fsp3) is 0.385. The zero-order chi connectivity index (χ0) is 14.0. The van der Waals surface area contributed by atoms with E-state index >= 15 is 0 Å². The molecule has 0 amide bonds. The molecule has 0 spiro atoms. The second kappa shape index (κ2) is 5.48. The summed E-state index contributed by atoms with van der Waals surface area (Å²) in [5.41, 5.74) is 0.209. The summed E-state index contributed by atoms with van der Waals surface area (Å²) in [6.07, 6.45) is 3.16. The molecule has 0 saturated heterocycles. The highest BCUT2D eigenvalue weighted by atomic mass is 35.5. The van der Waals surface area contributed by atoms with Gasteiger partial charge in [0.1, 0.15) is 10.8 Å². The number of halogens is 1. The van der Waals surface area contributed by atoms with Crippen molar-refractivity contribution in [3.05, 3.63) is 45.7 Å². The Morgan fingerprint density at radius 2 is 2.16 bits per heavy atom. The number of nitrogens with one attached hydrogen (secondary N) is 1. The van der Waals surface area contributed by atoms with E-state index in [0.717, 1.165) is 5.76 Å². The van der Waals surface area contributed by atoms with Crippen LogP contribution in [0.5, 0.6) is 0 Å². The van der Waals surface area contributed by atoms with Gasteiger partial charge in [-0.25, -0.2) is 4.68 Å². The molecule has 1 atom stereocenters. The molecule has 102 valence electrons. The predicted molar refractivity (Wildman–Crippen MR) is 74.6 cm³/mol. The van der Waals surface area contributed by atoms with Crippen molar-refractivity contribution in [3.63, 3.8) is 0 Å². The highest BCUT2D eigenvalue weighted by Crippen LogP contribution is 2.23. The lowest BCUT2D eigenvalue weighted by atomic mass is 10.2. The molecule has 0 fully saturated rings. The number of aromatic nitrogens is 2. The molecular weight excluding hydrogens is 266 g/mol. The zero-order valence-corrected chi connectivity index (χ0v) is 11.8. The molecule has 1 N–H and O–H groups in total. The monoisotopic (exact) mass is 281 g/mol. The topological polar surface area (TPSA) is 60.1 Å². The molecule has 2 heterocycles. The zero-order valence-electron chi connectivity index (χ0n) is 11.1. The van der Waals surface area contributed by atoms with E-state index in [1.54, 1.807) is 12.5 Å². The van der Waals surface area contributed by atoms with Gasteiger partial charge >= 0.3 is 0 Å². The normalized spacial score (nSPS) is 12.7. The van der Waals surface area contributed by atoms with Gasteiger partial charge in [0.25, 0.3) is 5.56 Å². The Kier molecular flexibility index (Phi) is 3.95. The molecule has 19 heavy (non-hydrogen) atoms. The van der Waals surface area contributed by atoms with E-state index in [1.165, 1.54) is 4.68 Å². The van der Waals surface area contributed by atoms with Crippen molar-refractivity contribution in [1.82, 2.24) is 9.78 Å². The summed E-state index contributed by atoms with van der Waals surface area (Å²) in [6.45, 7) is 5.68. The lowest BCUT2D eigenvalue weighted by Gasteiger charge is -2.15. The van der Waals surface area contributed by atoms with Gasteiger partial charge in [0, 0.05) is 0 Å². The maximum Gasteiger partial charge on any atom is 0.287 e. The maximum absolute atomic E-state index is 12.0. The number of hydrogen-bond acceptors (Lipinski definition) is 4. The van der Waals surface area contributed by atoms with Crippen molar-refractivity contribution in [3.8, 4) is 0 Å². The van der Waals surface area contributed by atoms with E-state index in [9.17, 15) is 4.79 Å². The van der Waals surface area contributed by atoms with Crippen molar-refractivity contribution in [2.24, 2.45) is 0 Å². The van der Waals surface area contributed by atoms with Gasteiger partial charge in [-0.3, -0.25) is 4.79 Å². The average Bonchev–Trinajstić information content (AvgIpc) is 2.88. The first-order valence-electron chi connectivity index (χ1n) is 6.08. The molecule has 0 radical (unpaired) electrons. The quantitative estimate of drug-likeness (QED) is 0.934. The fourth-order valence-corrected chi connectivity index (χ4v) is 1.95. The van der Waals surface area contributed by atoms with Crippen molar-refractivity contribution in [2.75, 3.05) is 5.32 Å². The van der Waals surface area contributed by atoms with Crippen molar-refractivity contribution >= 4 is 17.3 Å². The van der Waals surface area contributed by atoms with Crippen LogP contribution in [0.3, 0.4) is 0 Å². The van der Waals surface area contributed by atoms with E-state index in [1.807, 2.05) is 32.9 Å². The summed E-state index contributed by atoms with van der Waals surface area (Å²) < 4.78 is 6.64. The third-order valence-electron chi connectivity index (χ3n) is 2.77. The minimum atomic E-state index is -0.298. The first-order chi connectivity index (χ1) is 9.00. The van der Waals surface area contributed by atoms with Crippen LogP contribution in [0.4, 0.5) is 5.69 Å². The second-order valence-corrected chi connectivity index (χ2v) is 4.98.